The zero-order valence-corrected chi connectivity index (χ0v) is 15.3. The van der Waals surface area contributed by atoms with Gasteiger partial charge in [-0.15, -0.1) is 11.3 Å². The van der Waals surface area contributed by atoms with Gasteiger partial charge in [0.1, 0.15) is 10.6 Å². The zero-order chi connectivity index (χ0) is 18.1. The van der Waals surface area contributed by atoms with E-state index in [2.05, 4.69) is 9.97 Å². The SMILES string of the molecule is CCC(Sc1nc2sc(C)c(-c3ccc(F)cc3)c2c(=O)[nH]1)C(N)=O. The van der Waals surface area contributed by atoms with Crippen LogP contribution in [0, 0.1) is 12.7 Å². The third-order valence-electron chi connectivity index (χ3n) is 3.79. The van der Waals surface area contributed by atoms with Crippen molar-refractivity contribution in [2.24, 2.45) is 5.73 Å². The van der Waals surface area contributed by atoms with E-state index in [1.807, 2.05) is 13.8 Å². The number of carbonyl (C=O) groups is 1. The number of thiophene rings is 1. The van der Waals surface area contributed by atoms with Crippen LogP contribution in [0.25, 0.3) is 21.3 Å². The molecule has 5 nitrogen and oxygen atoms in total. The number of aryl methyl sites for hydroxylation is 1. The Balaban J connectivity index is 2.11. The number of aromatic nitrogens is 2. The van der Waals surface area contributed by atoms with E-state index < -0.39 is 11.2 Å². The Morgan fingerprint density at radius 2 is 2.08 bits per heavy atom. The number of fused-ring (bicyclic) bond motifs is 1. The molecule has 0 aliphatic heterocycles. The van der Waals surface area contributed by atoms with Crippen molar-refractivity contribution in [1.82, 2.24) is 9.97 Å². The lowest BCUT2D eigenvalue weighted by Gasteiger charge is -2.09. The average molecular weight is 377 g/mol. The summed E-state index contributed by atoms with van der Waals surface area (Å²) in [6.45, 7) is 3.75. The van der Waals surface area contributed by atoms with Crippen molar-refractivity contribution in [3.05, 3.63) is 45.3 Å². The van der Waals surface area contributed by atoms with E-state index in [-0.39, 0.29) is 11.4 Å². The van der Waals surface area contributed by atoms with Gasteiger partial charge in [0.25, 0.3) is 5.56 Å². The highest BCUT2D eigenvalue weighted by molar-refractivity contribution is 8.00. The van der Waals surface area contributed by atoms with Gasteiger partial charge in [-0.25, -0.2) is 9.37 Å². The van der Waals surface area contributed by atoms with Crippen LogP contribution in [0.2, 0.25) is 0 Å². The fourth-order valence-electron chi connectivity index (χ4n) is 2.60. The lowest BCUT2D eigenvalue weighted by atomic mass is 10.0. The molecule has 1 atom stereocenters. The molecule has 0 fully saturated rings. The van der Waals surface area contributed by atoms with E-state index in [0.717, 1.165) is 27.8 Å². The molecule has 2 heterocycles. The fraction of sp³-hybridized carbons (Fsp3) is 0.235. The monoisotopic (exact) mass is 377 g/mol. The van der Waals surface area contributed by atoms with Gasteiger partial charge >= 0.3 is 0 Å². The summed E-state index contributed by atoms with van der Waals surface area (Å²) in [4.78, 5) is 32.7. The number of carbonyl (C=O) groups excluding carboxylic acids is 1. The number of benzene rings is 1. The summed E-state index contributed by atoms with van der Waals surface area (Å²) in [6.07, 6.45) is 0.548. The fourth-order valence-corrected chi connectivity index (χ4v) is 4.55. The minimum Gasteiger partial charge on any atom is -0.369 e. The Labute approximate surface area is 151 Å². The molecule has 0 saturated heterocycles. The minimum absolute atomic E-state index is 0.282. The maximum absolute atomic E-state index is 13.2. The molecule has 3 N–H and O–H groups in total. The van der Waals surface area contributed by atoms with Crippen LogP contribution in [-0.2, 0) is 4.79 Å². The molecule has 25 heavy (non-hydrogen) atoms. The number of amides is 1. The summed E-state index contributed by atoms with van der Waals surface area (Å²) in [5, 5.41) is 0.402. The van der Waals surface area contributed by atoms with Gasteiger partial charge in [0.2, 0.25) is 5.91 Å². The number of aromatic amines is 1. The number of rotatable bonds is 5. The number of hydrogen-bond acceptors (Lipinski definition) is 5. The first-order chi connectivity index (χ1) is 11.9. The maximum atomic E-state index is 13.2. The van der Waals surface area contributed by atoms with E-state index in [0.29, 0.717) is 21.8 Å². The van der Waals surface area contributed by atoms with Gasteiger partial charge in [-0.1, -0.05) is 30.8 Å². The molecular weight excluding hydrogens is 361 g/mol. The molecular formula is C17H16FN3O2S2. The minimum atomic E-state index is -0.446. The van der Waals surface area contributed by atoms with E-state index >= 15 is 0 Å². The van der Waals surface area contributed by atoms with Gasteiger partial charge in [0, 0.05) is 10.4 Å². The van der Waals surface area contributed by atoms with Gasteiger partial charge in [-0.3, -0.25) is 9.59 Å². The number of H-pyrrole nitrogens is 1. The van der Waals surface area contributed by atoms with Gasteiger partial charge in [-0.05, 0) is 31.0 Å². The van der Waals surface area contributed by atoms with Crippen molar-refractivity contribution < 1.29 is 9.18 Å². The van der Waals surface area contributed by atoms with Gasteiger partial charge in [0.05, 0.1) is 10.6 Å². The molecule has 3 rings (SSSR count). The number of nitrogens with one attached hydrogen (secondary N) is 1. The highest BCUT2D eigenvalue weighted by Crippen LogP contribution is 2.36. The Bertz CT molecular complexity index is 996. The maximum Gasteiger partial charge on any atom is 0.260 e. The molecule has 0 bridgehead atoms. The summed E-state index contributed by atoms with van der Waals surface area (Å²) in [5.74, 6) is -0.770. The summed E-state index contributed by atoms with van der Waals surface area (Å²) in [5.41, 5.74) is 6.59. The molecule has 0 aliphatic carbocycles. The third kappa shape index (κ3) is 3.45. The molecule has 1 unspecified atom stereocenters. The predicted molar refractivity (Wildman–Crippen MR) is 99.5 cm³/mol. The average Bonchev–Trinajstić information content (AvgIpc) is 2.89. The van der Waals surface area contributed by atoms with Crippen LogP contribution in [0.3, 0.4) is 0 Å². The summed E-state index contributed by atoms with van der Waals surface area (Å²) in [7, 11) is 0. The number of nitrogens with two attached hydrogens (primary N) is 1. The second-order valence-electron chi connectivity index (χ2n) is 5.51. The summed E-state index contributed by atoms with van der Waals surface area (Å²) in [6, 6.07) is 6.02. The van der Waals surface area contributed by atoms with Crippen LogP contribution in [0.4, 0.5) is 4.39 Å². The molecule has 0 saturated carbocycles. The molecule has 3 aromatic rings. The summed E-state index contributed by atoms with van der Waals surface area (Å²) >= 11 is 2.55. The van der Waals surface area contributed by atoms with Crippen molar-refractivity contribution in [1.29, 1.82) is 0 Å². The number of halogens is 1. The first kappa shape index (κ1) is 17.6. The first-order valence-electron chi connectivity index (χ1n) is 7.66. The highest BCUT2D eigenvalue weighted by atomic mass is 32.2. The molecule has 8 heteroatoms. The Hall–Kier alpha value is -2.19. The van der Waals surface area contributed by atoms with Crippen molar-refractivity contribution in [3.8, 4) is 11.1 Å². The lowest BCUT2D eigenvalue weighted by molar-refractivity contribution is -0.117. The molecule has 0 radical (unpaired) electrons. The Morgan fingerprint density at radius 1 is 1.40 bits per heavy atom. The molecule has 1 aromatic carbocycles. The zero-order valence-electron chi connectivity index (χ0n) is 13.6. The number of hydrogen-bond donors (Lipinski definition) is 2. The molecule has 130 valence electrons. The van der Waals surface area contributed by atoms with Crippen molar-refractivity contribution >= 4 is 39.2 Å². The smallest absolute Gasteiger partial charge is 0.260 e. The van der Waals surface area contributed by atoms with Crippen LogP contribution in [0.15, 0.2) is 34.2 Å². The van der Waals surface area contributed by atoms with Gasteiger partial charge < -0.3 is 10.7 Å². The Kier molecular flexibility index (Phi) is 4.91. The predicted octanol–water partition coefficient (Wildman–Crippen LogP) is 3.46. The normalized spacial score (nSPS) is 12.4. The van der Waals surface area contributed by atoms with Crippen molar-refractivity contribution in [2.75, 3.05) is 0 Å². The van der Waals surface area contributed by atoms with Crippen LogP contribution >= 0.6 is 23.1 Å². The largest absolute Gasteiger partial charge is 0.369 e. The van der Waals surface area contributed by atoms with Crippen LogP contribution in [-0.4, -0.2) is 21.1 Å². The lowest BCUT2D eigenvalue weighted by Crippen LogP contribution is -2.25. The van der Waals surface area contributed by atoms with E-state index in [1.54, 1.807) is 12.1 Å². The van der Waals surface area contributed by atoms with Gasteiger partial charge in [0.15, 0.2) is 5.16 Å². The van der Waals surface area contributed by atoms with Crippen LogP contribution in [0.5, 0.6) is 0 Å². The second kappa shape index (κ2) is 6.97. The summed E-state index contributed by atoms with van der Waals surface area (Å²) < 4.78 is 13.2. The van der Waals surface area contributed by atoms with E-state index in [4.69, 9.17) is 5.73 Å². The van der Waals surface area contributed by atoms with Gasteiger partial charge in [-0.2, -0.15) is 0 Å². The standard InChI is InChI=1S/C17H16FN3O2S2/c1-3-11(14(19)22)25-17-20-15(23)13-12(8(2)24-16(13)21-17)9-4-6-10(18)7-5-9/h4-7,11H,3H2,1-2H3,(H2,19,22)(H,20,21,23). The molecule has 1 amide bonds. The number of nitrogens with zero attached hydrogens (tertiary/aromatic N) is 1. The first-order valence-corrected chi connectivity index (χ1v) is 9.35. The quantitative estimate of drug-likeness (QED) is 0.526. The Morgan fingerprint density at radius 3 is 2.68 bits per heavy atom. The topological polar surface area (TPSA) is 88.8 Å². The highest BCUT2D eigenvalue weighted by Gasteiger charge is 2.20. The number of primary amides is 1. The van der Waals surface area contributed by atoms with Crippen molar-refractivity contribution in [3.63, 3.8) is 0 Å². The number of thioether (sulfide) groups is 1. The van der Waals surface area contributed by atoms with E-state index in [9.17, 15) is 14.0 Å². The van der Waals surface area contributed by atoms with Crippen molar-refractivity contribution in [2.45, 2.75) is 30.7 Å². The molecule has 2 aromatic heterocycles. The van der Waals surface area contributed by atoms with Crippen LogP contribution in [0.1, 0.15) is 18.2 Å². The van der Waals surface area contributed by atoms with E-state index in [1.165, 1.54) is 23.5 Å². The van der Waals surface area contributed by atoms with Crippen LogP contribution < -0.4 is 11.3 Å². The molecule has 0 spiro atoms. The second-order valence-corrected chi connectivity index (χ2v) is 7.90. The third-order valence-corrected chi connectivity index (χ3v) is 6.06. The molecule has 0 aliphatic rings.